The lowest BCUT2D eigenvalue weighted by atomic mass is 10.1. The summed E-state index contributed by atoms with van der Waals surface area (Å²) in [4.78, 5) is 23.8. The lowest BCUT2D eigenvalue weighted by Gasteiger charge is -2.10. The molecule has 1 N–H and O–H groups in total. The first-order valence-corrected chi connectivity index (χ1v) is 7.88. The Bertz CT molecular complexity index is 736. The third-order valence-corrected chi connectivity index (χ3v) is 3.51. The van der Waals surface area contributed by atoms with Gasteiger partial charge in [0.25, 0.3) is 0 Å². The number of hydrogen-bond donors (Lipinski definition) is 1. The van der Waals surface area contributed by atoms with E-state index in [1.807, 2.05) is 0 Å². The minimum Gasteiger partial charge on any atom is -0.462 e. The molecule has 0 aromatic heterocycles. The fraction of sp³-hybridized carbons (Fsp3) is 0.158. The molecule has 124 valence electrons. The number of esters is 1. The van der Waals surface area contributed by atoms with Crippen molar-refractivity contribution in [2.45, 2.75) is 13.3 Å². The smallest absolute Gasteiger partial charge is 0.338 e. The molecular weight excluding hydrogens is 326 g/mol. The van der Waals surface area contributed by atoms with Gasteiger partial charge in [-0.15, -0.1) is 0 Å². The van der Waals surface area contributed by atoms with Crippen LogP contribution >= 0.6 is 11.6 Å². The molecule has 0 saturated heterocycles. The number of carbonyl (C=O) groups is 2. The Morgan fingerprint density at radius 2 is 1.62 bits per heavy atom. The van der Waals surface area contributed by atoms with Crippen molar-refractivity contribution in [3.05, 3.63) is 77.0 Å². The van der Waals surface area contributed by atoms with Crippen molar-refractivity contribution in [3.8, 4) is 0 Å². The first-order valence-electron chi connectivity index (χ1n) is 7.50. The van der Waals surface area contributed by atoms with E-state index in [1.165, 1.54) is 0 Å². The number of carbonyl (C=O) groups excluding carboxylic acids is 2. The zero-order chi connectivity index (χ0) is 17.5. The second-order valence-electron chi connectivity index (χ2n) is 5.13. The molecule has 2 aromatic carbocycles. The number of ether oxygens (including phenoxy) is 1. The van der Waals surface area contributed by atoms with Gasteiger partial charge in [0.15, 0.2) is 5.78 Å². The second kappa shape index (κ2) is 8.31. The van der Waals surface area contributed by atoms with Gasteiger partial charge in [-0.25, -0.2) is 4.79 Å². The van der Waals surface area contributed by atoms with Crippen LogP contribution < -0.4 is 5.32 Å². The standard InChI is InChI=1S/C19H18ClNO3/c1-3-24-19(23)15-6-10-17(11-7-15)21-13(2)12-18(22)14-4-8-16(20)9-5-14/h4-11,21H,2-3,12H2,1H3. The van der Waals surface area contributed by atoms with Crippen LogP contribution in [0.2, 0.25) is 5.02 Å². The van der Waals surface area contributed by atoms with E-state index in [2.05, 4.69) is 11.9 Å². The van der Waals surface area contributed by atoms with Crippen molar-refractivity contribution in [1.29, 1.82) is 0 Å². The predicted molar refractivity (Wildman–Crippen MR) is 95.6 cm³/mol. The van der Waals surface area contributed by atoms with E-state index in [1.54, 1.807) is 55.5 Å². The van der Waals surface area contributed by atoms with Gasteiger partial charge in [-0.1, -0.05) is 18.2 Å². The van der Waals surface area contributed by atoms with Crippen LogP contribution in [0.4, 0.5) is 5.69 Å². The van der Waals surface area contributed by atoms with Crippen LogP contribution in [0, 0.1) is 0 Å². The maximum absolute atomic E-state index is 12.2. The van der Waals surface area contributed by atoms with Gasteiger partial charge in [0.05, 0.1) is 18.6 Å². The van der Waals surface area contributed by atoms with E-state index in [-0.39, 0.29) is 18.2 Å². The lowest BCUT2D eigenvalue weighted by Crippen LogP contribution is -2.07. The number of benzene rings is 2. The van der Waals surface area contributed by atoms with Crippen LogP contribution in [0.25, 0.3) is 0 Å². The van der Waals surface area contributed by atoms with Gasteiger partial charge in [-0.05, 0) is 55.5 Å². The highest BCUT2D eigenvalue weighted by molar-refractivity contribution is 6.30. The average molecular weight is 344 g/mol. The van der Waals surface area contributed by atoms with Crippen molar-refractivity contribution >= 4 is 29.0 Å². The zero-order valence-electron chi connectivity index (χ0n) is 13.3. The fourth-order valence-corrected chi connectivity index (χ4v) is 2.21. The number of allylic oxidation sites excluding steroid dienone is 1. The van der Waals surface area contributed by atoms with Crippen molar-refractivity contribution in [1.82, 2.24) is 0 Å². The van der Waals surface area contributed by atoms with Gasteiger partial charge >= 0.3 is 5.97 Å². The average Bonchev–Trinajstić information content (AvgIpc) is 2.56. The van der Waals surface area contributed by atoms with Crippen molar-refractivity contribution in [3.63, 3.8) is 0 Å². The summed E-state index contributed by atoms with van der Waals surface area (Å²) in [5.74, 6) is -0.409. The van der Waals surface area contributed by atoms with E-state index in [4.69, 9.17) is 16.3 Å². The van der Waals surface area contributed by atoms with Crippen molar-refractivity contribution < 1.29 is 14.3 Å². The summed E-state index contributed by atoms with van der Waals surface area (Å²) in [6, 6.07) is 13.5. The molecule has 24 heavy (non-hydrogen) atoms. The Labute approximate surface area is 146 Å². The maximum atomic E-state index is 12.2. The number of halogens is 1. The van der Waals surface area contributed by atoms with E-state index in [9.17, 15) is 9.59 Å². The molecule has 0 fully saturated rings. The van der Waals surface area contributed by atoms with Gasteiger partial charge in [-0.3, -0.25) is 4.79 Å². The van der Waals surface area contributed by atoms with Gasteiger partial charge in [0.1, 0.15) is 0 Å². The summed E-state index contributed by atoms with van der Waals surface area (Å²) in [5, 5.41) is 3.65. The minimum atomic E-state index is -0.360. The third-order valence-electron chi connectivity index (χ3n) is 3.26. The number of rotatable bonds is 7. The molecule has 0 amide bonds. The largest absolute Gasteiger partial charge is 0.462 e. The molecule has 0 aliphatic rings. The third kappa shape index (κ3) is 4.96. The van der Waals surface area contributed by atoms with Gasteiger partial charge < -0.3 is 10.1 Å². The van der Waals surface area contributed by atoms with E-state index >= 15 is 0 Å². The molecular formula is C19H18ClNO3. The molecule has 0 bridgehead atoms. The van der Waals surface area contributed by atoms with Crippen LogP contribution in [-0.4, -0.2) is 18.4 Å². The van der Waals surface area contributed by atoms with Gasteiger partial charge in [-0.2, -0.15) is 0 Å². The number of anilines is 1. The quantitative estimate of drug-likeness (QED) is 0.584. The monoisotopic (exact) mass is 343 g/mol. The Kier molecular flexibility index (Phi) is 6.15. The molecule has 5 heteroatoms. The molecule has 0 aliphatic heterocycles. The molecule has 0 heterocycles. The highest BCUT2D eigenvalue weighted by Crippen LogP contribution is 2.16. The summed E-state index contributed by atoms with van der Waals surface area (Å²) in [6.45, 7) is 5.97. The molecule has 0 saturated carbocycles. The maximum Gasteiger partial charge on any atom is 0.338 e. The molecule has 0 unspecified atom stereocenters. The molecule has 0 aliphatic carbocycles. The molecule has 0 atom stereocenters. The summed E-state index contributed by atoms with van der Waals surface area (Å²) in [6.07, 6.45) is 0.168. The Hall–Kier alpha value is -2.59. The fourth-order valence-electron chi connectivity index (χ4n) is 2.08. The molecule has 2 aromatic rings. The van der Waals surface area contributed by atoms with Gasteiger partial charge in [0.2, 0.25) is 0 Å². The molecule has 0 spiro atoms. The van der Waals surface area contributed by atoms with Crippen LogP contribution in [0.3, 0.4) is 0 Å². The van der Waals surface area contributed by atoms with Crippen LogP contribution in [0.15, 0.2) is 60.8 Å². The number of nitrogens with one attached hydrogen (secondary N) is 1. The number of Topliss-reactive ketones (excluding diaryl/α,β-unsaturated/α-hetero) is 1. The Balaban J connectivity index is 1.93. The van der Waals surface area contributed by atoms with Gasteiger partial charge in [0, 0.05) is 22.0 Å². The van der Waals surface area contributed by atoms with Crippen LogP contribution in [-0.2, 0) is 4.74 Å². The normalized spacial score (nSPS) is 10.1. The Morgan fingerprint density at radius 1 is 1.04 bits per heavy atom. The zero-order valence-corrected chi connectivity index (χ0v) is 14.1. The topological polar surface area (TPSA) is 55.4 Å². The molecule has 4 nitrogen and oxygen atoms in total. The highest BCUT2D eigenvalue weighted by Gasteiger charge is 2.09. The van der Waals surface area contributed by atoms with Crippen molar-refractivity contribution in [2.24, 2.45) is 0 Å². The summed E-state index contributed by atoms with van der Waals surface area (Å²) in [5.41, 5.74) is 2.38. The first-order chi connectivity index (χ1) is 11.5. The molecule has 0 radical (unpaired) electrons. The Morgan fingerprint density at radius 3 is 2.21 bits per heavy atom. The van der Waals surface area contributed by atoms with E-state index < -0.39 is 0 Å². The number of ketones is 1. The van der Waals surface area contributed by atoms with E-state index in [0.29, 0.717) is 28.5 Å². The number of hydrogen-bond acceptors (Lipinski definition) is 4. The van der Waals surface area contributed by atoms with E-state index in [0.717, 1.165) is 5.69 Å². The SMILES string of the molecule is C=C(CC(=O)c1ccc(Cl)cc1)Nc1ccc(C(=O)OCC)cc1. The second-order valence-corrected chi connectivity index (χ2v) is 5.57. The summed E-state index contributed by atoms with van der Waals surface area (Å²) >= 11 is 5.81. The molecule has 2 rings (SSSR count). The predicted octanol–water partition coefficient (Wildman–Crippen LogP) is 4.72. The summed E-state index contributed by atoms with van der Waals surface area (Å²) in [7, 11) is 0. The van der Waals surface area contributed by atoms with Crippen molar-refractivity contribution in [2.75, 3.05) is 11.9 Å². The first kappa shape index (κ1) is 17.8. The summed E-state index contributed by atoms with van der Waals surface area (Å²) < 4.78 is 4.93. The lowest BCUT2D eigenvalue weighted by molar-refractivity contribution is 0.0526. The van der Waals surface area contributed by atoms with Crippen LogP contribution in [0.1, 0.15) is 34.1 Å². The minimum absolute atomic E-state index is 0.0488. The van der Waals surface area contributed by atoms with Crippen LogP contribution in [0.5, 0.6) is 0 Å². The highest BCUT2D eigenvalue weighted by atomic mass is 35.5.